The molecule has 1 saturated heterocycles. The number of likely N-dealkylation sites (N-methyl/N-ethyl adjacent to an activating group) is 1. The number of aromatic amines is 1. The first kappa shape index (κ1) is 22.9. The fourth-order valence-corrected chi connectivity index (χ4v) is 5.31. The van der Waals surface area contributed by atoms with Crippen molar-refractivity contribution in [3.05, 3.63) is 27.4 Å². The van der Waals surface area contributed by atoms with Crippen molar-refractivity contribution >= 4 is 15.9 Å². The number of H-pyrrole nitrogens is 1. The van der Waals surface area contributed by atoms with E-state index in [2.05, 4.69) is 14.9 Å². The molecule has 1 fully saturated rings. The van der Waals surface area contributed by atoms with Crippen LogP contribution in [0.1, 0.15) is 63.2 Å². The number of aromatic nitrogens is 2. The van der Waals surface area contributed by atoms with E-state index in [9.17, 15) is 18.0 Å². The van der Waals surface area contributed by atoms with E-state index >= 15 is 0 Å². The molecule has 2 aliphatic heterocycles. The largest absolute Gasteiger partial charge is 0.331 e. The summed E-state index contributed by atoms with van der Waals surface area (Å²) in [6, 6.07) is -0.280. The molecule has 1 unspecified atom stereocenters. The van der Waals surface area contributed by atoms with E-state index < -0.39 is 10.0 Å². The Morgan fingerprint density at radius 3 is 2.60 bits per heavy atom. The molecule has 9 nitrogen and oxygen atoms in total. The quantitative estimate of drug-likeness (QED) is 0.676. The Labute approximate surface area is 178 Å². The second-order valence-electron chi connectivity index (χ2n) is 7.92. The van der Waals surface area contributed by atoms with Gasteiger partial charge in [-0.2, -0.15) is 4.31 Å². The predicted molar refractivity (Wildman–Crippen MR) is 115 cm³/mol. The Bertz CT molecular complexity index is 926. The topological polar surface area (TPSA) is 107 Å². The molecule has 10 heteroatoms. The number of sulfonamides is 1. The number of hydrogen-bond acceptors (Lipinski definition) is 6. The molecule has 1 N–H and O–H groups in total. The Morgan fingerprint density at radius 1 is 1.20 bits per heavy atom. The molecule has 1 amide bonds. The highest BCUT2D eigenvalue weighted by Gasteiger charge is 2.33. The summed E-state index contributed by atoms with van der Waals surface area (Å²) >= 11 is 0. The Hall–Kier alpha value is -1.78. The van der Waals surface area contributed by atoms with Crippen molar-refractivity contribution in [2.75, 3.05) is 38.5 Å². The highest BCUT2D eigenvalue weighted by molar-refractivity contribution is 7.89. The van der Waals surface area contributed by atoms with Crippen molar-refractivity contribution in [1.82, 2.24) is 24.1 Å². The van der Waals surface area contributed by atoms with Crippen molar-refractivity contribution in [2.24, 2.45) is 0 Å². The van der Waals surface area contributed by atoms with Crippen molar-refractivity contribution in [1.29, 1.82) is 0 Å². The summed E-state index contributed by atoms with van der Waals surface area (Å²) in [5.41, 5.74) is 0.849. The first-order valence-corrected chi connectivity index (χ1v) is 12.5. The van der Waals surface area contributed by atoms with Crippen molar-refractivity contribution in [3.63, 3.8) is 0 Å². The number of carbonyl (C=O) groups excluding carboxylic acids is 1. The van der Waals surface area contributed by atoms with Crippen LogP contribution in [0.4, 0.5) is 0 Å². The number of piperidine rings is 1. The molecule has 1 aromatic heterocycles. The van der Waals surface area contributed by atoms with Gasteiger partial charge in [-0.15, -0.1) is 0 Å². The number of nitrogens with one attached hydrogen (secondary N) is 1. The molecule has 30 heavy (non-hydrogen) atoms. The molecule has 0 aliphatic carbocycles. The van der Waals surface area contributed by atoms with Gasteiger partial charge in [0.05, 0.1) is 30.6 Å². The van der Waals surface area contributed by atoms with Gasteiger partial charge in [-0.05, 0) is 45.7 Å². The smallest absolute Gasteiger partial charge is 0.254 e. The molecule has 0 saturated carbocycles. The van der Waals surface area contributed by atoms with Crippen molar-refractivity contribution < 1.29 is 13.2 Å². The first-order valence-electron chi connectivity index (χ1n) is 10.9. The molecule has 1 atom stereocenters. The summed E-state index contributed by atoms with van der Waals surface area (Å²) in [5.74, 6) is 0.537. The van der Waals surface area contributed by atoms with Crippen LogP contribution in [0.25, 0.3) is 0 Å². The van der Waals surface area contributed by atoms with Crippen LogP contribution in [0, 0.1) is 0 Å². The molecule has 1 aromatic rings. The number of likely N-dealkylation sites (tertiary alicyclic amines) is 1. The lowest BCUT2D eigenvalue weighted by atomic mass is 10.00. The summed E-state index contributed by atoms with van der Waals surface area (Å²) < 4.78 is 26.0. The van der Waals surface area contributed by atoms with E-state index in [1.807, 2.05) is 18.7 Å². The number of rotatable bonds is 7. The molecule has 0 aromatic carbocycles. The second kappa shape index (κ2) is 9.57. The second-order valence-corrected chi connectivity index (χ2v) is 10.2. The summed E-state index contributed by atoms with van der Waals surface area (Å²) in [7, 11) is -3.35. The number of amides is 1. The van der Waals surface area contributed by atoms with E-state index in [-0.39, 0.29) is 29.8 Å². The van der Waals surface area contributed by atoms with Crippen LogP contribution in [0.5, 0.6) is 0 Å². The molecule has 0 radical (unpaired) electrons. The van der Waals surface area contributed by atoms with Gasteiger partial charge < -0.3 is 9.88 Å². The molecule has 168 valence electrons. The van der Waals surface area contributed by atoms with E-state index in [4.69, 9.17) is 0 Å². The van der Waals surface area contributed by atoms with Crippen molar-refractivity contribution in [2.45, 2.75) is 59.0 Å². The van der Waals surface area contributed by atoms with Gasteiger partial charge in [-0.25, -0.2) is 13.4 Å². The van der Waals surface area contributed by atoms with Crippen LogP contribution < -0.4 is 5.56 Å². The summed E-state index contributed by atoms with van der Waals surface area (Å²) in [4.78, 5) is 37.2. The van der Waals surface area contributed by atoms with Crippen LogP contribution >= 0.6 is 0 Å². The maximum atomic E-state index is 13.0. The van der Waals surface area contributed by atoms with Gasteiger partial charge in [-0.3, -0.25) is 14.5 Å². The summed E-state index contributed by atoms with van der Waals surface area (Å²) in [6.07, 6.45) is 2.98. The van der Waals surface area contributed by atoms with E-state index in [0.29, 0.717) is 43.1 Å². The highest BCUT2D eigenvalue weighted by Crippen LogP contribution is 2.29. The van der Waals surface area contributed by atoms with Gasteiger partial charge in [0.15, 0.2) is 0 Å². The third kappa shape index (κ3) is 4.76. The van der Waals surface area contributed by atoms with Crippen LogP contribution in [-0.4, -0.2) is 76.9 Å². The lowest BCUT2D eigenvalue weighted by Crippen LogP contribution is -2.46. The van der Waals surface area contributed by atoms with Gasteiger partial charge in [0.1, 0.15) is 5.82 Å². The predicted octanol–water partition coefficient (Wildman–Crippen LogP) is 0.873. The maximum Gasteiger partial charge on any atom is 0.254 e. The van der Waals surface area contributed by atoms with Gasteiger partial charge in [0, 0.05) is 18.7 Å². The van der Waals surface area contributed by atoms with Crippen LogP contribution in [0.2, 0.25) is 0 Å². The molecule has 0 spiro atoms. The minimum absolute atomic E-state index is 0.0225. The SMILES string of the molecule is CCN(CC)CC(=O)N1CCCCC1c1nc2c(c(=O)[nH]1)CCN(S(=O)(=O)CC)C2. The summed E-state index contributed by atoms with van der Waals surface area (Å²) in [6.45, 7) is 8.68. The molecular weight excluding hydrogens is 406 g/mol. The van der Waals surface area contributed by atoms with Crippen LogP contribution in [0.15, 0.2) is 4.79 Å². The lowest BCUT2D eigenvalue weighted by Gasteiger charge is -2.36. The fraction of sp³-hybridized carbons (Fsp3) is 0.750. The minimum Gasteiger partial charge on any atom is -0.331 e. The molecule has 0 bridgehead atoms. The molecule has 3 heterocycles. The van der Waals surface area contributed by atoms with Gasteiger partial charge >= 0.3 is 0 Å². The average molecular weight is 440 g/mol. The zero-order valence-electron chi connectivity index (χ0n) is 18.2. The number of hydrogen-bond donors (Lipinski definition) is 1. The summed E-state index contributed by atoms with van der Waals surface area (Å²) in [5, 5.41) is 0. The third-order valence-corrected chi connectivity index (χ3v) is 8.04. The molecular formula is C20H33N5O4S. The zero-order valence-corrected chi connectivity index (χ0v) is 19.0. The maximum absolute atomic E-state index is 13.0. The highest BCUT2D eigenvalue weighted by atomic mass is 32.2. The standard InChI is InChI=1S/C20H33N5O4S/c1-4-23(5-2)14-18(26)25-11-8-7-9-17(25)19-21-16-13-24(30(28,29)6-3)12-10-15(16)20(27)22-19/h17H,4-14H2,1-3H3,(H,21,22,27). The Balaban J connectivity index is 1.89. The number of carbonyl (C=O) groups is 1. The van der Waals surface area contributed by atoms with Crippen molar-refractivity contribution in [3.8, 4) is 0 Å². The first-order chi connectivity index (χ1) is 14.3. The number of fused-ring (bicyclic) bond motifs is 1. The van der Waals surface area contributed by atoms with E-state index in [1.54, 1.807) is 6.92 Å². The van der Waals surface area contributed by atoms with Gasteiger partial charge in [-0.1, -0.05) is 13.8 Å². The average Bonchev–Trinajstić information content (AvgIpc) is 2.76. The monoisotopic (exact) mass is 439 g/mol. The molecule has 2 aliphatic rings. The van der Waals surface area contributed by atoms with E-state index in [0.717, 1.165) is 32.4 Å². The number of nitrogens with zero attached hydrogens (tertiary/aromatic N) is 4. The van der Waals surface area contributed by atoms with E-state index in [1.165, 1.54) is 4.31 Å². The Kier molecular flexibility index (Phi) is 7.30. The Morgan fingerprint density at radius 2 is 1.93 bits per heavy atom. The van der Waals surface area contributed by atoms with Crippen LogP contribution in [-0.2, 0) is 27.8 Å². The lowest BCUT2D eigenvalue weighted by molar-refractivity contribution is -0.136. The van der Waals surface area contributed by atoms with Gasteiger partial charge in [0.2, 0.25) is 15.9 Å². The van der Waals surface area contributed by atoms with Gasteiger partial charge in [0.25, 0.3) is 5.56 Å². The minimum atomic E-state index is -3.35. The normalized spacial score (nSPS) is 20.4. The molecule has 3 rings (SSSR count). The fourth-order valence-electron chi connectivity index (χ4n) is 4.26. The third-order valence-electron chi connectivity index (χ3n) is 6.21. The van der Waals surface area contributed by atoms with Crippen LogP contribution in [0.3, 0.4) is 0 Å². The zero-order chi connectivity index (χ0) is 21.9.